The van der Waals surface area contributed by atoms with Crippen LogP contribution in [0, 0.1) is 0 Å². The molecule has 1 aromatic carbocycles. The van der Waals surface area contributed by atoms with E-state index in [9.17, 15) is 24.0 Å². The second kappa shape index (κ2) is 12.1. The number of ether oxygens (including phenoxy) is 3. The molecule has 1 aromatic rings. The number of hydrogen-bond donors (Lipinski definition) is 1. The molecule has 1 atom stereocenters. The molecule has 0 aliphatic heterocycles. The van der Waals surface area contributed by atoms with Gasteiger partial charge in [-0.25, -0.2) is 0 Å². The molecule has 0 saturated carbocycles. The Labute approximate surface area is 168 Å². The van der Waals surface area contributed by atoms with Crippen LogP contribution in [-0.2, 0) is 33.4 Å². The third-order valence-corrected chi connectivity index (χ3v) is 3.72. The van der Waals surface area contributed by atoms with E-state index >= 15 is 0 Å². The third-order valence-electron chi connectivity index (χ3n) is 3.72. The Morgan fingerprint density at radius 1 is 0.931 bits per heavy atom. The molecule has 1 rings (SSSR count). The van der Waals surface area contributed by atoms with Crippen molar-refractivity contribution in [3.05, 3.63) is 35.9 Å². The van der Waals surface area contributed by atoms with Gasteiger partial charge in [0.05, 0.1) is 27.2 Å². The average Bonchev–Trinajstić information content (AvgIpc) is 2.72. The maximum atomic E-state index is 12.9. The number of rotatable bonds is 10. The molecule has 0 aromatic heterocycles. The Hall–Kier alpha value is -3.43. The topological polar surface area (TPSA) is 128 Å². The molecule has 0 fully saturated rings. The standard InChI is InChI=1S/C19H24N2O8/c1-4-29-15(22)10-14(20-18(25)13-8-6-5-7-9-13)19(26)21(11-16(23)27-2)12-17(24)28-3/h5-9,14H,4,10-12H2,1-3H3,(H,20,25)/t14-/m0/s1. The summed E-state index contributed by atoms with van der Waals surface area (Å²) in [6, 6.07) is 6.68. The number of nitrogens with zero attached hydrogens (tertiary/aromatic N) is 1. The van der Waals surface area contributed by atoms with Crippen molar-refractivity contribution < 1.29 is 38.2 Å². The van der Waals surface area contributed by atoms with Crippen molar-refractivity contribution in [2.45, 2.75) is 19.4 Å². The van der Waals surface area contributed by atoms with Crippen LogP contribution in [0.25, 0.3) is 0 Å². The quantitative estimate of drug-likeness (QED) is 0.420. The van der Waals surface area contributed by atoms with E-state index in [1.807, 2.05) is 0 Å². The maximum Gasteiger partial charge on any atom is 0.325 e. The Bertz CT molecular complexity index is 717. The van der Waals surface area contributed by atoms with Crippen molar-refractivity contribution in [2.75, 3.05) is 33.9 Å². The van der Waals surface area contributed by atoms with E-state index in [-0.39, 0.29) is 12.2 Å². The Morgan fingerprint density at radius 3 is 1.97 bits per heavy atom. The van der Waals surface area contributed by atoms with Crippen LogP contribution < -0.4 is 5.32 Å². The molecular weight excluding hydrogens is 384 g/mol. The van der Waals surface area contributed by atoms with E-state index in [1.54, 1.807) is 25.1 Å². The second-order valence-corrected chi connectivity index (χ2v) is 5.75. The molecule has 0 spiro atoms. The fourth-order valence-corrected chi connectivity index (χ4v) is 2.29. The van der Waals surface area contributed by atoms with Gasteiger partial charge in [0.1, 0.15) is 19.1 Å². The second-order valence-electron chi connectivity index (χ2n) is 5.75. The number of amides is 2. The lowest BCUT2D eigenvalue weighted by atomic mass is 10.1. The lowest BCUT2D eigenvalue weighted by Crippen LogP contribution is -2.52. The summed E-state index contributed by atoms with van der Waals surface area (Å²) in [6.07, 6.45) is -0.482. The molecule has 0 aliphatic rings. The van der Waals surface area contributed by atoms with Gasteiger partial charge < -0.3 is 24.4 Å². The van der Waals surface area contributed by atoms with Crippen molar-refractivity contribution in [3.8, 4) is 0 Å². The summed E-state index contributed by atoms with van der Waals surface area (Å²) in [5.41, 5.74) is 0.265. The van der Waals surface area contributed by atoms with Crippen LogP contribution >= 0.6 is 0 Å². The number of esters is 3. The number of nitrogens with one attached hydrogen (secondary N) is 1. The Balaban J connectivity index is 3.09. The van der Waals surface area contributed by atoms with Gasteiger partial charge in [0.2, 0.25) is 5.91 Å². The van der Waals surface area contributed by atoms with Crippen molar-refractivity contribution in [2.24, 2.45) is 0 Å². The first-order valence-electron chi connectivity index (χ1n) is 8.76. The van der Waals surface area contributed by atoms with Crippen LogP contribution in [-0.4, -0.2) is 74.6 Å². The van der Waals surface area contributed by atoms with Crippen LogP contribution in [0.5, 0.6) is 0 Å². The highest BCUT2D eigenvalue weighted by molar-refractivity contribution is 5.99. The first-order chi connectivity index (χ1) is 13.8. The number of carbonyl (C=O) groups is 5. The van der Waals surface area contributed by atoms with Crippen molar-refractivity contribution >= 4 is 29.7 Å². The minimum Gasteiger partial charge on any atom is -0.468 e. The molecule has 29 heavy (non-hydrogen) atoms. The number of methoxy groups -OCH3 is 2. The lowest BCUT2D eigenvalue weighted by Gasteiger charge is -2.26. The van der Waals surface area contributed by atoms with E-state index in [2.05, 4.69) is 14.8 Å². The van der Waals surface area contributed by atoms with Gasteiger partial charge in [0, 0.05) is 5.56 Å². The van der Waals surface area contributed by atoms with E-state index in [0.29, 0.717) is 0 Å². The summed E-state index contributed by atoms with van der Waals surface area (Å²) in [7, 11) is 2.24. The maximum absolute atomic E-state index is 12.9. The summed E-state index contributed by atoms with van der Waals surface area (Å²) < 4.78 is 13.9. The molecule has 0 radical (unpaired) electrons. The highest BCUT2D eigenvalue weighted by Gasteiger charge is 2.31. The fraction of sp³-hybridized carbons (Fsp3) is 0.421. The molecule has 2 amide bonds. The van der Waals surface area contributed by atoms with Gasteiger partial charge in [-0.05, 0) is 19.1 Å². The smallest absolute Gasteiger partial charge is 0.325 e. The van der Waals surface area contributed by atoms with Gasteiger partial charge in [0.15, 0.2) is 0 Å². The van der Waals surface area contributed by atoms with Crippen LogP contribution in [0.4, 0.5) is 0 Å². The summed E-state index contributed by atoms with van der Waals surface area (Å²) in [5.74, 6) is -3.74. The molecule has 0 aliphatic carbocycles. The van der Waals surface area contributed by atoms with Crippen LogP contribution in [0.3, 0.4) is 0 Å². The largest absolute Gasteiger partial charge is 0.468 e. The molecule has 0 saturated heterocycles. The van der Waals surface area contributed by atoms with Gasteiger partial charge in [-0.1, -0.05) is 18.2 Å². The minimum atomic E-state index is -1.36. The number of carbonyl (C=O) groups excluding carboxylic acids is 5. The van der Waals surface area contributed by atoms with Gasteiger partial charge in [-0.15, -0.1) is 0 Å². The van der Waals surface area contributed by atoms with Crippen molar-refractivity contribution in [1.29, 1.82) is 0 Å². The predicted octanol–water partition coefficient (Wildman–Crippen LogP) is -0.0872. The molecule has 0 bridgehead atoms. The van der Waals surface area contributed by atoms with E-state index in [1.165, 1.54) is 12.1 Å². The monoisotopic (exact) mass is 408 g/mol. The van der Waals surface area contributed by atoms with Crippen molar-refractivity contribution in [1.82, 2.24) is 10.2 Å². The number of benzene rings is 1. The first kappa shape index (κ1) is 23.6. The highest BCUT2D eigenvalue weighted by Crippen LogP contribution is 2.06. The molecule has 0 unspecified atom stereocenters. The van der Waals surface area contributed by atoms with Gasteiger partial charge in [0.25, 0.3) is 5.91 Å². The predicted molar refractivity (Wildman–Crippen MR) is 99.6 cm³/mol. The molecular formula is C19H24N2O8. The van der Waals surface area contributed by atoms with Crippen LogP contribution in [0.1, 0.15) is 23.7 Å². The molecule has 10 nitrogen and oxygen atoms in total. The summed E-state index contributed by atoms with van der Waals surface area (Å²) in [4.78, 5) is 61.5. The van der Waals surface area contributed by atoms with E-state index < -0.39 is 55.3 Å². The highest BCUT2D eigenvalue weighted by atomic mass is 16.5. The van der Waals surface area contributed by atoms with Gasteiger partial charge >= 0.3 is 17.9 Å². The van der Waals surface area contributed by atoms with Gasteiger partial charge in [-0.2, -0.15) is 0 Å². The normalized spacial score (nSPS) is 11.0. The van der Waals surface area contributed by atoms with Crippen LogP contribution in [0.2, 0.25) is 0 Å². The fourth-order valence-electron chi connectivity index (χ4n) is 2.29. The summed E-state index contributed by atoms with van der Waals surface area (Å²) in [5, 5.41) is 2.45. The molecule has 1 N–H and O–H groups in total. The zero-order chi connectivity index (χ0) is 21.8. The summed E-state index contributed by atoms with van der Waals surface area (Å²) >= 11 is 0. The average molecular weight is 408 g/mol. The SMILES string of the molecule is CCOC(=O)C[C@H](NC(=O)c1ccccc1)C(=O)N(CC(=O)OC)CC(=O)OC. The van der Waals surface area contributed by atoms with Gasteiger partial charge in [-0.3, -0.25) is 24.0 Å². The Kier molecular flexibility index (Phi) is 9.86. The zero-order valence-corrected chi connectivity index (χ0v) is 16.5. The van der Waals surface area contributed by atoms with E-state index in [4.69, 9.17) is 4.74 Å². The molecule has 158 valence electrons. The Morgan fingerprint density at radius 2 is 1.48 bits per heavy atom. The minimum absolute atomic E-state index is 0.0837. The molecule has 10 heteroatoms. The third kappa shape index (κ3) is 7.99. The lowest BCUT2D eigenvalue weighted by molar-refractivity contribution is -0.153. The first-order valence-corrected chi connectivity index (χ1v) is 8.76. The number of hydrogen-bond acceptors (Lipinski definition) is 8. The van der Waals surface area contributed by atoms with Crippen molar-refractivity contribution in [3.63, 3.8) is 0 Å². The zero-order valence-electron chi connectivity index (χ0n) is 16.5. The summed E-state index contributed by atoms with van der Waals surface area (Å²) in [6.45, 7) is 0.550. The van der Waals surface area contributed by atoms with Crippen LogP contribution in [0.15, 0.2) is 30.3 Å². The molecule has 0 heterocycles. The van der Waals surface area contributed by atoms with E-state index in [0.717, 1.165) is 19.1 Å².